The lowest BCUT2D eigenvalue weighted by molar-refractivity contribution is -0.146. The van der Waals surface area contributed by atoms with E-state index in [0.29, 0.717) is 19.8 Å². The minimum atomic E-state index is -1.17. The van der Waals surface area contributed by atoms with E-state index >= 15 is 0 Å². The summed E-state index contributed by atoms with van der Waals surface area (Å²) >= 11 is 0. The molecule has 0 saturated heterocycles. The van der Waals surface area contributed by atoms with Gasteiger partial charge in [0.05, 0.1) is 19.3 Å². The molecule has 0 aromatic rings. The predicted octanol–water partition coefficient (Wildman–Crippen LogP) is -0.274. The molecule has 0 spiro atoms. The molecule has 2 atom stereocenters. The maximum atomic E-state index is 12.4. The third-order valence-electron chi connectivity index (χ3n) is 2.95. The first kappa shape index (κ1) is 16.4. The van der Waals surface area contributed by atoms with Crippen LogP contribution in [-0.2, 0) is 23.9 Å². The number of hydrogen-bond donors (Lipinski definition) is 1. The number of rotatable bonds is 8. The number of hydrogen-bond acceptors (Lipinski definition) is 6. The Labute approximate surface area is 117 Å². The number of carboxylic acid groups (broad SMARTS) is 1. The fourth-order valence-electron chi connectivity index (χ4n) is 1.89. The van der Waals surface area contributed by atoms with Gasteiger partial charge in [-0.3, -0.25) is 4.79 Å². The summed E-state index contributed by atoms with van der Waals surface area (Å²) in [7, 11) is 3.09. The molecule has 1 N–H and O–H groups in total. The van der Waals surface area contributed by atoms with Crippen LogP contribution in [0.2, 0.25) is 0 Å². The Morgan fingerprint density at radius 1 is 1.50 bits per heavy atom. The number of amides is 1. The molecule has 1 aliphatic rings. The summed E-state index contributed by atoms with van der Waals surface area (Å²) in [6.07, 6.45) is -0.922. The van der Waals surface area contributed by atoms with Crippen LogP contribution in [0.25, 0.3) is 0 Å². The smallest absolute Gasteiger partial charge is 0.353 e. The third-order valence-corrected chi connectivity index (χ3v) is 2.95. The monoisotopic (exact) mass is 288 g/mol. The standard InChI is InChI=1S/C12H20N2O6/c1-8(7-19-3)14(4-5-18-2)11(15)10-6-9(12(16)17)13-20-10/h8,10H,4-7H2,1-3H3,(H,16,17). The number of carbonyl (C=O) groups is 2. The third kappa shape index (κ3) is 4.17. The van der Waals surface area contributed by atoms with Gasteiger partial charge in [0.15, 0.2) is 5.71 Å². The van der Waals surface area contributed by atoms with Crippen molar-refractivity contribution in [1.29, 1.82) is 0 Å². The highest BCUT2D eigenvalue weighted by atomic mass is 16.6. The number of carboxylic acids is 1. The average Bonchev–Trinajstić information content (AvgIpc) is 2.89. The number of carbonyl (C=O) groups excluding carboxylic acids is 1. The first-order chi connectivity index (χ1) is 9.51. The van der Waals surface area contributed by atoms with Crippen molar-refractivity contribution < 1.29 is 29.0 Å². The van der Waals surface area contributed by atoms with Gasteiger partial charge in [0.1, 0.15) is 0 Å². The Kier molecular flexibility index (Phi) is 6.40. The summed E-state index contributed by atoms with van der Waals surface area (Å²) in [4.78, 5) is 29.6. The van der Waals surface area contributed by atoms with Gasteiger partial charge in [0.25, 0.3) is 5.91 Å². The number of nitrogens with zero attached hydrogens (tertiary/aromatic N) is 2. The molecule has 0 aromatic heterocycles. The van der Waals surface area contributed by atoms with Gasteiger partial charge in [-0.1, -0.05) is 5.16 Å². The van der Waals surface area contributed by atoms with Crippen LogP contribution in [0.4, 0.5) is 0 Å². The van der Waals surface area contributed by atoms with Gasteiger partial charge in [-0.25, -0.2) is 4.79 Å². The van der Waals surface area contributed by atoms with Crippen molar-refractivity contribution in [3.05, 3.63) is 0 Å². The number of oxime groups is 1. The summed E-state index contributed by atoms with van der Waals surface area (Å²) in [6, 6.07) is -0.167. The second kappa shape index (κ2) is 7.81. The van der Waals surface area contributed by atoms with E-state index in [1.54, 1.807) is 19.1 Å². The fraction of sp³-hybridized carbons (Fsp3) is 0.750. The van der Waals surface area contributed by atoms with Gasteiger partial charge in [-0.15, -0.1) is 0 Å². The second-order valence-corrected chi connectivity index (χ2v) is 4.47. The van der Waals surface area contributed by atoms with Crippen molar-refractivity contribution in [2.75, 3.05) is 34.0 Å². The first-order valence-corrected chi connectivity index (χ1v) is 6.25. The molecule has 0 bridgehead atoms. The quantitative estimate of drug-likeness (QED) is 0.660. The van der Waals surface area contributed by atoms with Gasteiger partial charge < -0.3 is 24.3 Å². The summed E-state index contributed by atoms with van der Waals surface area (Å²) in [5, 5.41) is 12.2. The molecule has 0 aromatic carbocycles. The molecule has 1 heterocycles. The van der Waals surface area contributed by atoms with Crippen LogP contribution < -0.4 is 0 Å². The summed E-state index contributed by atoms with van der Waals surface area (Å²) in [5.41, 5.74) is -0.144. The minimum Gasteiger partial charge on any atom is -0.477 e. The Morgan fingerprint density at radius 3 is 2.70 bits per heavy atom. The van der Waals surface area contributed by atoms with Crippen molar-refractivity contribution in [2.45, 2.75) is 25.5 Å². The van der Waals surface area contributed by atoms with E-state index in [0.717, 1.165) is 0 Å². The zero-order valence-corrected chi connectivity index (χ0v) is 11.9. The van der Waals surface area contributed by atoms with E-state index in [9.17, 15) is 9.59 Å². The molecule has 8 heteroatoms. The molecule has 1 amide bonds. The fourth-order valence-corrected chi connectivity index (χ4v) is 1.89. The SMILES string of the molecule is COCCN(C(=O)C1CC(C(=O)O)=NO1)C(C)COC. The largest absolute Gasteiger partial charge is 0.477 e. The number of aliphatic carboxylic acids is 1. The maximum Gasteiger partial charge on any atom is 0.353 e. The van der Waals surface area contributed by atoms with E-state index in [-0.39, 0.29) is 24.1 Å². The molecular formula is C12H20N2O6. The first-order valence-electron chi connectivity index (χ1n) is 6.25. The Balaban J connectivity index is 2.66. The molecule has 0 aliphatic carbocycles. The molecule has 0 radical (unpaired) electrons. The predicted molar refractivity (Wildman–Crippen MR) is 69.5 cm³/mol. The van der Waals surface area contributed by atoms with Crippen LogP contribution in [0, 0.1) is 0 Å². The summed E-state index contributed by atoms with van der Waals surface area (Å²) < 4.78 is 10.0. The lowest BCUT2D eigenvalue weighted by atomic mass is 10.1. The maximum absolute atomic E-state index is 12.4. The van der Waals surface area contributed by atoms with Gasteiger partial charge in [-0.05, 0) is 6.92 Å². The van der Waals surface area contributed by atoms with Crippen LogP contribution in [0.5, 0.6) is 0 Å². The van der Waals surface area contributed by atoms with Crippen LogP contribution >= 0.6 is 0 Å². The van der Waals surface area contributed by atoms with Crippen LogP contribution in [0.1, 0.15) is 13.3 Å². The Morgan fingerprint density at radius 2 is 2.20 bits per heavy atom. The molecule has 1 rings (SSSR count). The average molecular weight is 288 g/mol. The minimum absolute atomic E-state index is 0.0304. The molecule has 0 saturated carbocycles. The van der Waals surface area contributed by atoms with Crippen molar-refractivity contribution >= 4 is 17.6 Å². The molecule has 8 nitrogen and oxygen atoms in total. The van der Waals surface area contributed by atoms with Crippen molar-refractivity contribution in [3.63, 3.8) is 0 Å². The Hall–Kier alpha value is -1.67. The van der Waals surface area contributed by atoms with E-state index in [4.69, 9.17) is 19.4 Å². The second-order valence-electron chi connectivity index (χ2n) is 4.47. The zero-order valence-electron chi connectivity index (χ0n) is 11.9. The van der Waals surface area contributed by atoms with Gasteiger partial charge in [-0.2, -0.15) is 0 Å². The summed E-state index contributed by atoms with van der Waals surface area (Å²) in [6.45, 7) is 2.96. The highest BCUT2D eigenvalue weighted by Gasteiger charge is 2.35. The van der Waals surface area contributed by atoms with E-state index < -0.39 is 12.1 Å². The molecule has 2 unspecified atom stereocenters. The molecule has 1 aliphatic heterocycles. The normalized spacial score (nSPS) is 19.1. The molecular weight excluding hydrogens is 268 g/mol. The van der Waals surface area contributed by atoms with Gasteiger partial charge >= 0.3 is 5.97 Å². The van der Waals surface area contributed by atoms with Gasteiger partial charge in [0, 0.05) is 27.2 Å². The van der Waals surface area contributed by atoms with E-state index in [2.05, 4.69) is 5.16 Å². The van der Waals surface area contributed by atoms with E-state index in [1.807, 2.05) is 6.92 Å². The molecule has 0 fully saturated rings. The molecule has 20 heavy (non-hydrogen) atoms. The van der Waals surface area contributed by atoms with Gasteiger partial charge in [0.2, 0.25) is 6.10 Å². The van der Waals surface area contributed by atoms with E-state index in [1.165, 1.54) is 0 Å². The van der Waals surface area contributed by atoms with Crippen LogP contribution in [0.3, 0.4) is 0 Å². The van der Waals surface area contributed by atoms with Crippen LogP contribution in [0.15, 0.2) is 5.16 Å². The number of ether oxygens (including phenoxy) is 2. The Bertz CT molecular complexity index is 384. The highest BCUT2D eigenvalue weighted by Crippen LogP contribution is 2.15. The highest BCUT2D eigenvalue weighted by molar-refractivity contribution is 6.36. The van der Waals surface area contributed by atoms with Crippen molar-refractivity contribution in [2.24, 2.45) is 5.16 Å². The van der Waals surface area contributed by atoms with Crippen LogP contribution in [-0.4, -0.2) is 73.7 Å². The van der Waals surface area contributed by atoms with Crippen molar-refractivity contribution in [1.82, 2.24) is 4.90 Å². The summed E-state index contributed by atoms with van der Waals surface area (Å²) in [5.74, 6) is -1.49. The van der Waals surface area contributed by atoms with Crippen molar-refractivity contribution in [3.8, 4) is 0 Å². The number of methoxy groups -OCH3 is 2. The zero-order chi connectivity index (χ0) is 15.1. The lowest BCUT2D eigenvalue weighted by Gasteiger charge is -2.30. The molecule has 114 valence electrons. The topological polar surface area (TPSA) is 97.7 Å². The lowest BCUT2D eigenvalue weighted by Crippen LogP contribution is -2.47.